The van der Waals surface area contributed by atoms with Crippen LogP contribution >= 0.6 is 0 Å². The second-order valence-electron chi connectivity index (χ2n) is 3.85. The lowest BCUT2D eigenvalue weighted by molar-refractivity contribution is 0.0698. The average Bonchev–Trinajstić information content (AvgIpc) is 2.28. The van der Waals surface area contributed by atoms with Crippen molar-refractivity contribution in [2.45, 2.75) is 20.3 Å². The molecule has 3 N–H and O–H groups in total. The summed E-state index contributed by atoms with van der Waals surface area (Å²) in [6.07, 6.45) is 0.653. The summed E-state index contributed by atoms with van der Waals surface area (Å²) in [5.41, 5.74) is 0.727. The van der Waals surface area contributed by atoms with Gasteiger partial charge in [0.25, 0.3) is 10.2 Å². The van der Waals surface area contributed by atoms with Crippen LogP contribution in [-0.2, 0) is 10.2 Å². The van der Waals surface area contributed by atoms with Crippen molar-refractivity contribution in [3.05, 3.63) is 29.3 Å². The van der Waals surface area contributed by atoms with E-state index in [1.54, 1.807) is 13.0 Å². The minimum atomic E-state index is -3.73. The van der Waals surface area contributed by atoms with Crippen LogP contribution in [-0.4, -0.2) is 26.0 Å². The number of nitrogens with one attached hydrogen (secondary N) is 2. The standard InChI is InChI=1S/C11H16N2O4S/c1-3-6-12-18(16,17)13-10-5-4-8(2)7-9(10)11(14)15/h4-5,7,12-13H,3,6H2,1-2H3,(H,14,15). The van der Waals surface area contributed by atoms with E-state index in [0.29, 0.717) is 13.0 Å². The molecule has 100 valence electrons. The van der Waals surface area contributed by atoms with Gasteiger partial charge in [0.05, 0.1) is 11.3 Å². The predicted octanol–water partition coefficient (Wildman–Crippen LogP) is 1.35. The summed E-state index contributed by atoms with van der Waals surface area (Å²) >= 11 is 0. The Hall–Kier alpha value is -1.60. The highest BCUT2D eigenvalue weighted by Gasteiger charge is 2.15. The Morgan fingerprint density at radius 2 is 2.06 bits per heavy atom. The number of benzene rings is 1. The third-order valence-corrected chi connectivity index (χ3v) is 3.26. The number of anilines is 1. The van der Waals surface area contributed by atoms with Crippen molar-refractivity contribution in [1.29, 1.82) is 0 Å². The van der Waals surface area contributed by atoms with Crippen LogP contribution in [0.4, 0.5) is 5.69 Å². The maximum Gasteiger partial charge on any atom is 0.337 e. The van der Waals surface area contributed by atoms with E-state index in [0.717, 1.165) is 5.56 Å². The number of aryl methyl sites for hydroxylation is 1. The Balaban J connectivity index is 3.01. The Kier molecular flexibility index (Phi) is 4.69. The molecule has 0 saturated heterocycles. The number of rotatable bonds is 6. The van der Waals surface area contributed by atoms with Crippen molar-refractivity contribution in [1.82, 2.24) is 4.72 Å². The molecule has 0 radical (unpaired) electrons. The zero-order chi connectivity index (χ0) is 13.8. The van der Waals surface area contributed by atoms with E-state index >= 15 is 0 Å². The van der Waals surface area contributed by atoms with E-state index in [-0.39, 0.29) is 11.3 Å². The molecule has 0 heterocycles. The van der Waals surface area contributed by atoms with Gasteiger partial charge in [-0.05, 0) is 25.5 Å². The van der Waals surface area contributed by atoms with Gasteiger partial charge < -0.3 is 5.11 Å². The second kappa shape index (κ2) is 5.83. The van der Waals surface area contributed by atoms with Gasteiger partial charge in [0.15, 0.2) is 0 Å². The quantitative estimate of drug-likeness (QED) is 0.728. The van der Waals surface area contributed by atoms with Crippen LogP contribution in [0.25, 0.3) is 0 Å². The minimum absolute atomic E-state index is 0.0525. The van der Waals surface area contributed by atoms with Gasteiger partial charge in [-0.2, -0.15) is 13.1 Å². The van der Waals surface area contributed by atoms with Crippen LogP contribution in [0.3, 0.4) is 0 Å². The van der Waals surface area contributed by atoms with E-state index in [1.807, 2.05) is 6.92 Å². The zero-order valence-corrected chi connectivity index (χ0v) is 11.0. The van der Waals surface area contributed by atoms with E-state index in [1.165, 1.54) is 12.1 Å². The number of carboxylic acids is 1. The number of hydrogen-bond acceptors (Lipinski definition) is 3. The van der Waals surface area contributed by atoms with Gasteiger partial charge in [-0.1, -0.05) is 18.6 Å². The largest absolute Gasteiger partial charge is 0.478 e. The Bertz CT molecular complexity index is 540. The van der Waals surface area contributed by atoms with Gasteiger partial charge in [0.1, 0.15) is 0 Å². The highest BCUT2D eigenvalue weighted by molar-refractivity contribution is 7.90. The van der Waals surface area contributed by atoms with Crippen LogP contribution in [0.2, 0.25) is 0 Å². The van der Waals surface area contributed by atoms with Crippen molar-refractivity contribution < 1.29 is 18.3 Å². The smallest absolute Gasteiger partial charge is 0.337 e. The summed E-state index contributed by atoms with van der Waals surface area (Å²) in [5, 5.41) is 9.01. The van der Waals surface area contributed by atoms with Crippen LogP contribution in [0.15, 0.2) is 18.2 Å². The lowest BCUT2D eigenvalue weighted by Crippen LogP contribution is -2.31. The summed E-state index contributed by atoms with van der Waals surface area (Å²) in [6, 6.07) is 4.49. The molecule has 0 aliphatic heterocycles. The van der Waals surface area contributed by atoms with Crippen LogP contribution < -0.4 is 9.44 Å². The number of carboxylic acid groups (broad SMARTS) is 1. The van der Waals surface area contributed by atoms with Crippen LogP contribution in [0, 0.1) is 6.92 Å². The molecule has 0 spiro atoms. The summed E-state index contributed by atoms with van der Waals surface area (Å²) < 4.78 is 27.7. The molecule has 1 aromatic rings. The maximum atomic E-state index is 11.6. The molecular formula is C11H16N2O4S. The van der Waals surface area contributed by atoms with E-state index < -0.39 is 16.2 Å². The first-order valence-electron chi connectivity index (χ1n) is 5.47. The summed E-state index contributed by atoms with van der Waals surface area (Å²) in [7, 11) is -3.73. The van der Waals surface area contributed by atoms with Crippen LogP contribution in [0.5, 0.6) is 0 Å². The SMILES string of the molecule is CCCNS(=O)(=O)Nc1ccc(C)cc1C(=O)O. The Morgan fingerprint density at radius 1 is 1.39 bits per heavy atom. The van der Waals surface area contributed by atoms with Gasteiger partial charge >= 0.3 is 5.97 Å². The first-order valence-corrected chi connectivity index (χ1v) is 6.95. The number of hydrogen-bond donors (Lipinski definition) is 3. The normalized spacial score (nSPS) is 11.2. The molecule has 1 aromatic carbocycles. The fraction of sp³-hybridized carbons (Fsp3) is 0.364. The molecule has 0 saturated carbocycles. The van der Waals surface area contributed by atoms with Gasteiger partial charge in [-0.15, -0.1) is 0 Å². The summed E-state index contributed by atoms with van der Waals surface area (Å²) in [6.45, 7) is 3.86. The third kappa shape index (κ3) is 4.01. The molecule has 0 aromatic heterocycles. The molecule has 0 bridgehead atoms. The summed E-state index contributed by atoms with van der Waals surface area (Å²) in [4.78, 5) is 11.0. The average molecular weight is 272 g/mol. The molecule has 0 amide bonds. The van der Waals surface area contributed by atoms with Crippen LogP contribution in [0.1, 0.15) is 29.3 Å². The fourth-order valence-electron chi connectivity index (χ4n) is 1.34. The van der Waals surface area contributed by atoms with Crippen molar-refractivity contribution >= 4 is 21.9 Å². The van der Waals surface area contributed by atoms with Crippen molar-refractivity contribution in [3.63, 3.8) is 0 Å². The Labute approximate surface area is 106 Å². The number of aromatic carboxylic acids is 1. The summed E-state index contributed by atoms with van der Waals surface area (Å²) in [5.74, 6) is -1.17. The molecule has 0 fully saturated rings. The minimum Gasteiger partial charge on any atom is -0.478 e. The maximum absolute atomic E-state index is 11.6. The molecule has 0 unspecified atom stereocenters. The molecule has 0 atom stereocenters. The third-order valence-electron chi connectivity index (χ3n) is 2.19. The molecule has 1 rings (SSSR count). The Morgan fingerprint density at radius 3 is 2.61 bits per heavy atom. The van der Waals surface area contributed by atoms with Crippen molar-refractivity contribution in [2.24, 2.45) is 0 Å². The van der Waals surface area contributed by atoms with Gasteiger partial charge in [0.2, 0.25) is 0 Å². The lowest BCUT2D eigenvalue weighted by atomic mass is 10.1. The van der Waals surface area contributed by atoms with Gasteiger partial charge in [-0.3, -0.25) is 4.72 Å². The fourth-order valence-corrected chi connectivity index (χ4v) is 2.35. The highest BCUT2D eigenvalue weighted by Crippen LogP contribution is 2.18. The van der Waals surface area contributed by atoms with E-state index in [4.69, 9.17) is 5.11 Å². The van der Waals surface area contributed by atoms with Gasteiger partial charge in [0, 0.05) is 6.54 Å². The second-order valence-corrected chi connectivity index (χ2v) is 5.35. The molecule has 18 heavy (non-hydrogen) atoms. The predicted molar refractivity (Wildman–Crippen MR) is 69.0 cm³/mol. The lowest BCUT2D eigenvalue weighted by Gasteiger charge is -2.11. The molecule has 0 aliphatic carbocycles. The first kappa shape index (κ1) is 14.5. The number of carbonyl (C=O) groups is 1. The zero-order valence-electron chi connectivity index (χ0n) is 10.2. The molecule has 6 nitrogen and oxygen atoms in total. The first-order chi connectivity index (χ1) is 8.35. The topological polar surface area (TPSA) is 95.5 Å². The molecule has 7 heteroatoms. The van der Waals surface area contributed by atoms with Crippen molar-refractivity contribution in [2.75, 3.05) is 11.3 Å². The highest BCUT2D eigenvalue weighted by atomic mass is 32.2. The molecular weight excluding hydrogens is 256 g/mol. The van der Waals surface area contributed by atoms with E-state index in [2.05, 4.69) is 9.44 Å². The molecule has 0 aliphatic rings. The van der Waals surface area contributed by atoms with Gasteiger partial charge in [-0.25, -0.2) is 4.79 Å². The monoisotopic (exact) mass is 272 g/mol. The van der Waals surface area contributed by atoms with Crippen molar-refractivity contribution in [3.8, 4) is 0 Å². The van der Waals surface area contributed by atoms with E-state index in [9.17, 15) is 13.2 Å².